The van der Waals surface area contributed by atoms with Crippen molar-refractivity contribution < 1.29 is 43.5 Å². The van der Waals surface area contributed by atoms with Gasteiger partial charge in [-0.05, 0) is 51.8 Å². The van der Waals surface area contributed by atoms with Crippen LogP contribution >= 0.6 is 0 Å². The predicted octanol–water partition coefficient (Wildman–Crippen LogP) is 1.90. The Morgan fingerprint density at radius 1 is 1.11 bits per heavy atom. The van der Waals surface area contributed by atoms with Crippen molar-refractivity contribution in [2.75, 3.05) is 27.5 Å². The minimum Gasteiger partial charge on any atom is -0.504 e. The van der Waals surface area contributed by atoms with Crippen molar-refractivity contribution in [1.82, 2.24) is 20.4 Å². The highest BCUT2D eigenvalue weighted by Crippen LogP contribution is 2.58. The summed E-state index contributed by atoms with van der Waals surface area (Å²) in [6, 6.07) is -0.599. The van der Waals surface area contributed by atoms with Gasteiger partial charge in [0.05, 0.1) is 25.2 Å². The molecule has 248 valence electrons. The second-order valence-electron chi connectivity index (χ2n) is 12.6. The fraction of sp³-hybridized carbons (Fsp3) is 0.545. The van der Waals surface area contributed by atoms with Gasteiger partial charge < -0.3 is 39.8 Å². The largest absolute Gasteiger partial charge is 0.504 e. The number of rotatable bonds is 7. The van der Waals surface area contributed by atoms with Crippen molar-refractivity contribution in [2.45, 2.75) is 90.3 Å². The fourth-order valence-corrected chi connectivity index (χ4v) is 7.88. The Kier molecular flexibility index (Phi) is 8.28. The van der Waals surface area contributed by atoms with Gasteiger partial charge in [-0.3, -0.25) is 24.2 Å². The molecule has 2 aromatic rings. The first kappa shape index (κ1) is 31.9. The van der Waals surface area contributed by atoms with E-state index in [0.29, 0.717) is 52.5 Å². The number of phenolic OH excluding ortho intramolecular Hbond substituents is 1. The number of methoxy groups -OCH3 is 1. The third kappa shape index (κ3) is 4.92. The van der Waals surface area contributed by atoms with Gasteiger partial charge in [0.15, 0.2) is 23.0 Å². The van der Waals surface area contributed by atoms with E-state index in [4.69, 9.17) is 18.9 Å². The highest BCUT2D eigenvalue weighted by atomic mass is 16.7. The Balaban J connectivity index is 1.52. The maximum absolute atomic E-state index is 13.3. The van der Waals surface area contributed by atoms with Crippen LogP contribution in [-0.2, 0) is 27.2 Å². The van der Waals surface area contributed by atoms with Crippen LogP contribution in [0.2, 0.25) is 0 Å². The molecule has 1 saturated heterocycles. The van der Waals surface area contributed by atoms with E-state index in [1.54, 1.807) is 20.8 Å². The molecule has 0 aliphatic carbocycles. The van der Waals surface area contributed by atoms with Gasteiger partial charge in [0, 0.05) is 48.2 Å². The number of hydrogen-bond donors (Lipinski definition) is 4. The zero-order valence-electron chi connectivity index (χ0n) is 27.2. The molecule has 4 aliphatic rings. The number of esters is 1. The summed E-state index contributed by atoms with van der Waals surface area (Å²) in [6.07, 6.45) is 0.0667. The maximum Gasteiger partial charge on any atom is 0.308 e. The van der Waals surface area contributed by atoms with Crippen LogP contribution in [0.4, 0.5) is 0 Å². The van der Waals surface area contributed by atoms with E-state index < -0.39 is 42.3 Å². The molecule has 4 heterocycles. The molecule has 1 fully saturated rings. The zero-order chi connectivity index (χ0) is 33.2. The van der Waals surface area contributed by atoms with Crippen molar-refractivity contribution in [3.63, 3.8) is 0 Å². The Hall–Kier alpha value is -4.07. The summed E-state index contributed by atoms with van der Waals surface area (Å²) in [7, 11) is 3.46. The van der Waals surface area contributed by atoms with Gasteiger partial charge >= 0.3 is 5.97 Å². The van der Waals surface area contributed by atoms with Crippen LogP contribution in [0.5, 0.6) is 28.7 Å². The quantitative estimate of drug-likeness (QED) is 0.259. The van der Waals surface area contributed by atoms with Crippen LogP contribution in [0.3, 0.4) is 0 Å². The molecule has 2 aromatic carbocycles. The molecule has 2 bridgehead atoms. The number of amides is 2. The van der Waals surface area contributed by atoms with E-state index in [9.17, 15) is 24.6 Å². The molecule has 4 aliphatic heterocycles. The van der Waals surface area contributed by atoms with E-state index in [1.807, 2.05) is 24.9 Å². The standard InChI is InChI=1S/C33H42N4O9/c1-8-23(39)35-16(4)32(41)34-12-22-25-19(29(46-17(5)38)15(3)30-31(25)45-13-44-30)11-20-26-24-18(9-14(2)28(43-7)27(24)40)10-21(36(26)6)33(42)37(20)22/h9,16,20-22,26,33,40,42H,8,10-13H2,1-7H3,(H,34,41)(H,35,39)/t16-,20?,21-,22-,26+,33?/m0/s1. The van der Waals surface area contributed by atoms with E-state index in [1.165, 1.54) is 14.0 Å². The predicted molar refractivity (Wildman–Crippen MR) is 165 cm³/mol. The number of fused-ring (bicyclic) bond motifs is 9. The fourth-order valence-electron chi connectivity index (χ4n) is 7.88. The van der Waals surface area contributed by atoms with Crippen molar-refractivity contribution >= 4 is 17.8 Å². The van der Waals surface area contributed by atoms with Crippen LogP contribution in [0, 0.1) is 13.8 Å². The lowest BCUT2D eigenvalue weighted by molar-refractivity contribution is -0.172. The topological polar surface area (TPSA) is 159 Å². The molecular formula is C33H42N4O9. The summed E-state index contributed by atoms with van der Waals surface area (Å²) in [5.41, 5.74) is 4.42. The molecule has 6 rings (SSSR count). The first-order valence-electron chi connectivity index (χ1n) is 15.7. The van der Waals surface area contributed by atoms with Gasteiger partial charge in [0.2, 0.25) is 18.6 Å². The number of nitrogens with zero attached hydrogens (tertiary/aromatic N) is 2. The number of benzene rings is 2. The van der Waals surface area contributed by atoms with E-state index >= 15 is 0 Å². The minimum absolute atomic E-state index is 0.0360. The van der Waals surface area contributed by atoms with Crippen LogP contribution < -0.4 is 29.6 Å². The van der Waals surface area contributed by atoms with Gasteiger partial charge in [-0.1, -0.05) is 13.0 Å². The molecule has 0 saturated carbocycles. The minimum atomic E-state index is -0.979. The maximum atomic E-state index is 13.3. The monoisotopic (exact) mass is 638 g/mol. The molecule has 46 heavy (non-hydrogen) atoms. The molecule has 2 unspecified atom stereocenters. The van der Waals surface area contributed by atoms with Gasteiger partial charge in [-0.15, -0.1) is 0 Å². The average molecular weight is 639 g/mol. The number of nitrogens with one attached hydrogen (secondary N) is 2. The SMILES string of the molecule is CCC(=O)N[C@@H](C)C(=O)NC[C@H]1c2c(c(OC(C)=O)c(C)c3c2OCO3)CC2[C@@H]3c4c(cc(C)c(OC)c4O)C[C@@H](C(O)N21)N3C. The smallest absolute Gasteiger partial charge is 0.308 e. The summed E-state index contributed by atoms with van der Waals surface area (Å²) in [6.45, 7) is 8.36. The highest BCUT2D eigenvalue weighted by molar-refractivity contribution is 5.87. The Morgan fingerprint density at radius 3 is 2.50 bits per heavy atom. The molecular weight excluding hydrogens is 596 g/mol. The lowest BCUT2D eigenvalue weighted by Gasteiger charge is -2.60. The summed E-state index contributed by atoms with van der Waals surface area (Å²) >= 11 is 0. The van der Waals surface area contributed by atoms with E-state index in [2.05, 4.69) is 15.5 Å². The number of aliphatic hydroxyl groups excluding tert-OH is 1. The van der Waals surface area contributed by atoms with Crippen molar-refractivity contribution in [1.29, 1.82) is 0 Å². The van der Waals surface area contributed by atoms with Gasteiger partial charge in [0.1, 0.15) is 18.0 Å². The molecule has 4 N–H and O–H groups in total. The third-order valence-electron chi connectivity index (χ3n) is 9.90. The van der Waals surface area contributed by atoms with E-state index in [0.717, 1.165) is 16.7 Å². The Bertz CT molecular complexity index is 1610. The summed E-state index contributed by atoms with van der Waals surface area (Å²) < 4.78 is 23.3. The molecule has 13 nitrogen and oxygen atoms in total. The van der Waals surface area contributed by atoms with Crippen molar-refractivity contribution in [3.05, 3.63) is 39.4 Å². The number of aliphatic hydroxyl groups is 1. The zero-order valence-corrected chi connectivity index (χ0v) is 27.2. The number of carbonyl (C=O) groups is 3. The summed E-state index contributed by atoms with van der Waals surface area (Å²) in [4.78, 5) is 41.8. The third-order valence-corrected chi connectivity index (χ3v) is 9.90. The molecule has 2 amide bonds. The van der Waals surface area contributed by atoms with Crippen LogP contribution in [-0.4, -0.2) is 89.6 Å². The number of aromatic hydroxyl groups is 1. The second kappa shape index (κ2) is 11.9. The average Bonchev–Trinajstić information content (AvgIpc) is 3.50. The number of piperazine rings is 1. The van der Waals surface area contributed by atoms with E-state index in [-0.39, 0.29) is 37.5 Å². The number of carbonyl (C=O) groups excluding carboxylic acids is 3. The Morgan fingerprint density at radius 2 is 1.83 bits per heavy atom. The molecule has 13 heteroatoms. The summed E-state index contributed by atoms with van der Waals surface area (Å²) in [5.74, 6) is 0.589. The van der Waals surface area contributed by atoms with Crippen LogP contribution in [0.25, 0.3) is 0 Å². The lowest BCUT2D eigenvalue weighted by Crippen LogP contribution is -2.69. The number of phenols is 1. The summed E-state index contributed by atoms with van der Waals surface area (Å²) in [5, 5.41) is 29.4. The molecule has 0 radical (unpaired) electrons. The number of likely N-dealkylation sites (N-methyl/N-ethyl adjacent to an activating group) is 1. The van der Waals surface area contributed by atoms with Gasteiger partial charge in [-0.25, -0.2) is 0 Å². The van der Waals surface area contributed by atoms with Crippen LogP contribution in [0.15, 0.2) is 6.07 Å². The number of aryl methyl sites for hydroxylation is 1. The number of ether oxygens (including phenoxy) is 4. The van der Waals surface area contributed by atoms with Crippen molar-refractivity contribution in [2.24, 2.45) is 0 Å². The first-order chi connectivity index (χ1) is 21.9. The van der Waals surface area contributed by atoms with Crippen molar-refractivity contribution in [3.8, 4) is 28.7 Å². The molecule has 0 aromatic heterocycles. The first-order valence-corrected chi connectivity index (χ1v) is 15.7. The lowest BCUT2D eigenvalue weighted by atomic mass is 9.73. The molecule has 0 spiro atoms. The number of hydrogen-bond acceptors (Lipinski definition) is 11. The van der Waals surface area contributed by atoms with Gasteiger partial charge in [-0.2, -0.15) is 0 Å². The normalized spacial score (nSPS) is 25.1. The second-order valence-corrected chi connectivity index (χ2v) is 12.6. The Labute approximate surface area is 267 Å². The molecule has 6 atom stereocenters. The highest BCUT2D eigenvalue weighted by Gasteiger charge is 2.56. The van der Waals surface area contributed by atoms with Gasteiger partial charge in [0.25, 0.3) is 0 Å². The van der Waals surface area contributed by atoms with Crippen LogP contribution in [0.1, 0.15) is 72.7 Å².